The molecule has 0 bridgehead atoms. The second-order valence-corrected chi connectivity index (χ2v) is 4.57. The molecule has 1 rings (SSSR count). The van der Waals surface area contributed by atoms with E-state index in [1.165, 1.54) is 5.56 Å². The topological polar surface area (TPSA) is 35.2 Å². The Labute approximate surface area is 92.4 Å². The number of aryl methyl sites for hydroxylation is 1. The second kappa shape index (κ2) is 5.17. The molecule has 0 saturated carbocycles. The van der Waals surface area contributed by atoms with Crippen LogP contribution in [0.4, 0.5) is 0 Å². The number of hydrogen-bond acceptors (Lipinski definition) is 2. The molecule has 0 aromatic heterocycles. The molecule has 0 saturated heterocycles. The Morgan fingerprint density at radius 2 is 1.80 bits per heavy atom. The van der Waals surface area contributed by atoms with Crippen LogP contribution in [0.3, 0.4) is 0 Å². The molecule has 84 valence electrons. The van der Waals surface area contributed by atoms with Crippen molar-refractivity contribution < 1.29 is 4.74 Å². The second-order valence-electron chi connectivity index (χ2n) is 4.57. The molecule has 0 fully saturated rings. The minimum atomic E-state index is -0.0847. The molecule has 2 N–H and O–H groups in total. The number of rotatable bonds is 5. The van der Waals surface area contributed by atoms with Gasteiger partial charge in [0.2, 0.25) is 0 Å². The van der Waals surface area contributed by atoms with Gasteiger partial charge in [-0.2, -0.15) is 0 Å². The molecule has 1 aromatic rings. The summed E-state index contributed by atoms with van der Waals surface area (Å²) in [6.45, 7) is 6.82. The summed E-state index contributed by atoms with van der Waals surface area (Å²) < 4.78 is 5.38. The Morgan fingerprint density at radius 1 is 1.20 bits per heavy atom. The fraction of sp³-hybridized carbons (Fsp3) is 0.538. The highest BCUT2D eigenvalue weighted by Crippen LogP contribution is 2.15. The summed E-state index contributed by atoms with van der Waals surface area (Å²) in [5.41, 5.74) is 7.17. The molecule has 0 spiro atoms. The van der Waals surface area contributed by atoms with Gasteiger partial charge in [-0.15, -0.1) is 0 Å². The van der Waals surface area contributed by atoms with Crippen molar-refractivity contribution in [3.63, 3.8) is 0 Å². The molecule has 0 atom stereocenters. The maximum Gasteiger partial charge on any atom is 0.119 e. The summed E-state index contributed by atoms with van der Waals surface area (Å²) >= 11 is 0. The van der Waals surface area contributed by atoms with E-state index in [9.17, 15) is 0 Å². The van der Waals surface area contributed by atoms with Crippen LogP contribution in [0.5, 0.6) is 5.75 Å². The van der Waals surface area contributed by atoms with Gasteiger partial charge >= 0.3 is 0 Å². The molecule has 2 heteroatoms. The lowest BCUT2D eigenvalue weighted by molar-refractivity contribution is 0.340. The first kappa shape index (κ1) is 12.1. The molecule has 0 aliphatic rings. The lowest BCUT2D eigenvalue weighted by atomic mass is 9.97. The van der Waals surface area contributed by atoms with Crippen molar-refractivity contribution in [2.45, 2.75) is 39.2 Å². The van der Waals surface area contributed by atoms with Crippen molar-refractivity contribution in [2.75, 3.05) is 6.61 Å². The van der Waals surface area contributed by atoms with Crippen LogP contribution in [0.2, 0.25) is 0 Å². The highest BCUT2D eigenvalue weighted by atomic mass is 16.5. The molecule has 0 aliphatic heterocycles. The summed E-state index contributed by atoms with van der Waals surface area (Å²) in [7, 11) is 0. The Kier molecular flexibility index (Phi) is 4.15. The van der Waals surface area contributed by atoms with E-state index in [-0.39, 0.29) is 5.54 Å². The zero-order valence-corrected chi connectivity index (χ0v) is 9.92. The predicted octanol–water partition coefficient (Wildman–Crippen LogP) is 2.76. The number of nitrogens with two attached hydrogens (primary N) is 1. The smallest absolute Gasteiger partial charge is 0.119 e. The van der Waals surface area contributed by atoms with Crippen LogP contribution in [-0.2, 0) is 6.42 Å². The molecular formula is C13H21NO. The maximum absolute atomic E-state index is 5.94. The summed E-state index contributed by atoms with van der Waals surface area (Å²) in [6, 6.07) is 8.25. The van der Waals surface area contributed by atoms with Gasteiger partial charge in [-0.3, -0.25) is 0 Å². The first-order valence-corrected chi connectivity index (χ1v) is 5.52. The van der Waals surface area contributed by atoms with Crippen molar-refractivity contribution in [3.8, 4) is 5.75 Å². The zero-order chi connectivity index (χ0) is 11.3. The van der Waals surface area contributed by atoms with Crippen LogP contribution in [0.15, 0.2) is 24.3 Å². The molecule has 2 nitrogen and oxygen atoms in total. The van der Waals surface area contributed by atoms with Crippen LogP contribution in [0.1, 0.15) is 32.8 Å². The van der Waals surface area contributed by atoms with E-state index in [1.807, 2.05) is 19.1 Å². The average Bonchev–Trinajstić information content (AvgIpc) is 2.16. The summed E-state index contributed by atoms with van der Waals surface area (Å²) in [4.78, 5) is 0. The number of ether oxygens (including phenoxy) is 1. The Hall–Kier alpha value is -1.02. The largest absolute Gasteiger partial charge is 0.494 e. The molecule has 1 aromatic carbocycles. The van der Waals surface area contributed by atoms with Gasteiger partial charge in [0.1, 0.15) is 5.75 Å². The fourth-order valence-electron chi connectivity index (χ4n) is 1.39. The minimum Gasteiger partial charge on any atom is -0.494 e. The van der Waals surface area contributed by atoms with E-state index in [0.717, 1.165) is 25.2 Å². The first-order chi connectivity index (χ1) is 7.01. The van der Waals surface area contributed by atoms with Gasteiger partial charge in [0, 0.05) is 5.54 Å². The summed E-state index contributed by atoms with van der Waals surface area (Å²) in [6.07, 6.45) is 2.02. The van der Waals surface area contributed by atoms with Crippen molar-refractivity contribution in [1.29, 1.82) is 0 Å². The summed E-state index contributed by atoms with van der Waals surface area (Å²) in [5, 5.41) is 0. The molecule has 0 radical (unpaired) electrons. The highest BCUT2D eigenvalue weighted by Gasteiger charge is 2.09. The summed E-state index contributed by atoms with van der Waals surface area (Å²) in [5.74, 6) is 0.938. The van der Waals surface area contributed by atoms with Crippen LogP contribution in [0.25, 0.3) is 0 Å². The number of hydrogen-bond donors (Lipinski definition) is 1. The average molecular weight is 207 g/mol. The molecular weight excluding hydrogens is 186 g/mol. The number of benzene rings is 1. The van der Waals surface area contributed by atoms with Gasteiger partial charge in [-0.1, -0.05) is 12.1 Å². The van der Waals surface area contributed by atoms with E-state index in [1.54, 1.807) is 0 Å². The van der Waals surface area contributed by atoms with Crippen molar-refractivity contribution in [3.05, 3.63) is 29.8 Å². The Balaban J connectivity index is 2.50. The Bertz CT molecular complexity index is 284. The van der Waals surface area contributed by atoms with Crippen molar-refractivity contribution in [1.82, 2.24) is 0 Å². The minimum absolute atomic E-state index is 0.0847. The first-order valence-electron chi connectivity index (χ1n) is 5.52. The highest BCUT2D eigenvalue weighted by molar-refractivity contribution is 5.27. The monoisotopic (exact) mass is 207 g/mol. The van der Waals surface area contributed by atoms with E-state index < -0.39 is 0 Å². The SMILES string of the molecule is CCOc1ccc(CCC(C)(C)N)cc1. The van der Waals surface area contributed by atoms with Gasteiger partial charge < -0.3 is 10.5 Å². The van der Waals surface area contributed by atoms with Crippen molar-refractivity contribution in [2.24, 2.45) is 5.73 Å². The molecule has 15 heavy (non-hydrogen) atoms. The molecule has 0 aliphatic carbocycles. The molecule has 0 unspecified atom stereocenters. The van der Waals surface area contributed by atoms with Gasteiger partial charge in [-0.05, 0) is 51.3 Å². The van der Waals surface area contributed by atoms with E-state index in [2.05, 4.69) is 26.0 Å². The van der Waals surface area contributed by atoms with Crippen LogP contribution in [0, 0.1) is 0 Å². The van der Waals surface area contributed by atoms with Gasteiger partial charge in [0.25, 0.3) is 0 Å². The van der Waals surface area contributed by atoms with Gasteiger partial charge in [0.05, 0.1) is 6.61 Å². The third-order valence-electron chi connectivity index (χ3n) is 2.29. The normalized spacial score (nSPS) is 11.5. The lowest BCUT2D eigenvalue weighted by Crippen LogP contribution is -2.32. The van der Waals surface area contributed by atoms with Crippen LogP contribution in [-0.4, -0.2) is 12.1 Å². The van der Waals surface area contributed by atoms with Gasteiger partial charge in [0.15, 0.2) is 0 Å². The van der Waals surface area contributed by atoms with E-state index >= 15 is 0 Å². The maximum atomic E-state index is 5.94. The van der Waals surface area contributed by atoms with E-state index in [0.29, 0.717) is 0 Å². The lowest BCUT2D eigenvalue weighted by Gasteiger charge is -2.18. The third kappa shape index (κ3) is 4.84. The Morgan fingerprint density at radius 3 is 2.27 bits per heavy atom. The standard InChI is InChI=1S/C13H21NO/c1-4-15-12-7-5-11(6-8-12)9-10-13(2,3)14/h5-8H,4,9-10,14H2,1-3H3. The van der Waals surface area contributed by atoms with Crippen LogP contribution >= 0.6 is 0 Å². The quantitative estimate of drug-likeness (QED) is 0.805. The third-order valence-corrected chi connectivity index (χ3v) is 2.29. The zero-order valence-electron chi connectivity index (χ0n) is 9.92. The van der Waals surface area contributed by atoms with Crippen molar-refractivity contribution >= 4 is 0 Å². The predicted molar refractivity (Wildman–Crippen MR) is 64.2 cm³/mol. The molecule has 0 amide bonds. The van der Waals surface area contributed by atoms with Crippen LogP contribution < -0.4 is 10.5 Å². The fourth-order valence-corrected chi connectivity index (χ4v) is 1.39. The van der Waals surface area contributed by atoms with E-state index in [4.69, 9.17) is 10.5 Å². The molecule has 0 heterocycles. The van der Waals surface area contributed by atoms with Gasteiger partial charge in [-0.25, -0.2) is 0 Å².